The molecular formula is C20H20FN7O. The van der Waals surface area contributed by atoms with E-state index in [4.69, 9.17) is 10.3 Å². The van der Waals surface area contributed by atoms with Gasteiger partial charge in [-0.3, -0.25) is 0 Å². The summed E-state index contributed by atoms with van der Waals surface area (Å²) in [6.45, 7) is 2.13. The van der Waals surface area contributed by atoms with Crippen LogP contribution in [0.4, 0.5) is 21.8 Å². The summed E-state index contributed by atoms with van der Waals surface area (Å²) < 4.78 is 21.9. The van der Waals surface area contributed by atoms with Gasteiger partial charge in [-0.2, -0.15) is 0 Å². The van der Waals surface area contributed by atoms with Gasteiger partial charge in [0.15, 0.2) is 0 Å². The zero-order valence-corrected chi connectivity index (χ0v) is 15.8. The number of hydrogen-bond donors (Lipinski definition) is 3. The molecule has 0 radical (unpaired) electrons. The third-order valence-electron chi connectivity index (χ3n) is 5.03. The first kappa shape index (κ1) is 17.5. The van der Waals surface area contributed by atoms with Gasteiger partial charge in [0.1, 0.15) is 23.6 Å². The number of fused-ring (bicyclic) bond motifs is 1. The van der Waals surface area contributed by atoms with E-state index in [1.54, 1.807) is 12.1 Å². The number of aromatic nitrogens is 4. The summed E-state index contributed by atoms with van der Waals surface area (Å²) >= 11 is 0. The van der Waals surface area contributed by atoms with Crippen molar-refractivity contribution in [3.8, 4) is 11.1 Å². The van der Waals surface area contributed by atoms with Crippen LogP contribution in [-0.2, 0) is 0 Å². The second-order valence-electron chi connectivity index (χ2n) is 7.20. The molecule has 0 bridgehead atoms. The predicted octanol–water partition coefficient (Wildman–Crippen LogP) is 3.93. The maximum absolute atomic E-state index is 14.7. The first-order valence-electron chi connectivity index (χ1n) is 9.42. The lowest BCUT2D eigenvalue weighted by atomic mass is 10.1. The maximum Gasteiger partial charge on any atom is 0.226 e. The fraction of sp³-hybridized carbons (Fsp3) is 0.250. The Morgan fingerprint density at radius 1 is 1.24 bits per heavy atom. The molecule has 1 aromatic carbocycles. The van der Waals surface area contributed by atoms with Crippen LogP contribution < -0.4 is 16.4 Å². The highest BCUT2D eigenvalue weighted by Gasteiger charge is 2.27. The molecule has 0 spiro atoms. The molecule has 8 nitrogen and oxygen atoms in total. The lowest BCUT2D eigenvalue weighted by Crippen LogP contribution is -2.12. The van der Waals surface area contributed by atoms with Crippen LogP contribution in [0.1, 0.15) is 24.6 Å². The third kappa shape index (κ3) is 3.24. The summed E-state index contributed by atoms with van der Waals surface area (Å²) in [7, 11) is 0. The number of rotatable bonds is 6. The summed E-state index contributed by atoms with van der Waals surface area (Å²) in [6.07, 6.45) is 5.70. The fourth-order valence-corrected chi connectivity index (χ4v) is 3.46. The summed E-state index contributed by atoms with van der Waals surface area (Å²) in [4.78, 5) is 8.53. The minimum absolute atomic E-state index is 0.298. The molecule has 1 aliphatic carbocycles. The standard InChI is InChI=1S/C20H20FN7O/c1-11-6-17(29-27-11)24-9-23-16-5-2-12(7-15(16)21)14-8-28(13-3-4-13)20-18(14)19(22)25-10-26-20/h2,5-8,10,13,23-24H,3-4,9H2,1H3,(H2,22,25,26). The zero-order valence-electron chi connectivity index (χ0n) is 15.8. The molecule has 29 heavy (non-hydrogen) atoms. The SMILES string of the molecule is Cc1cc(NCNc2ccc(-c3cn(C4CC4)c4ncnc(N)c34)cc2F)on1. The van der Waals surface area contributed by atoms with E-state index < -0.39 is 0 Å². The van der Waals surface area contributed by atoms with Gasteiger partial charge < -0.3 is 25.5 Å². The van der Waals surface area contributed by atoms with Gasteiger partial charge in [-0.15, -0.1) is 0 Å². The summed E-state index contributed by atoms with van der Waals surface area (Å²) in [5, 5.41) is 10.6. The first-order chi connectivity index (χ1) is 14.1. The van der Waals surface area contributed by atoms with Crippen LogP contribution >= 0.6 is 0 Å². The van der Waals surface area contributed by atoms with Crippen molar-refractivity contribution < 1.29 is 8.91 Å². The normalized spacial score (nSPS) is 13.7. The second kappa shape index (κ2) is 6.77. The van der Waals surface area contributed by atoms with Crippen molar-refractivity contribution >= 4 is 28.4 Å². The van der Waals surface area contributed by atoms with Crippen LogP contribution in [-0.4, -0.2) is 26.4 Å². The second-order valence-corrected chi connectivity index (χ2v) is 7.20. The molecule has 1 fully saturated rings. The number of nitrogens with zero attached hydrogens (tertiary/aromatic N) is 4. The van der Waals surface area contributed by atoms with Crippen molar-refractivity contribution in [2.24, 2.45) is 0 Å². The van der Waals surface area contributed by atoms with Crippen molar-refractivity contribution in [2.75, 3.05) is 23.0 Å². The number of nitrogen functional groups attached to an aromatic ring is 1. The van der Waals surface area contributed by atoms with Gasteiger partial charge >= 0.3 is 0 Å². The minimum atomic E-state index is -0.360. The topological polar surface area (TPSA) is 107 Å². The van der Waals surface area contributed by atoms with E-state index in [9.17, 15) is 4.39 Å². The van der Waals surface area contributed by atoms with Gasteiger partial charge in [-0.05, 0) is 37.5 Å². The van der Waals surface area contributed by atoms with E-state index in [2.05, 4.69) is 30.3 Å². The van der Waals surface area contributed by atoms with Gasteiger partial charge in [0.05, 0.1) is 23.4 Å². The molecule has 0 aliphatic heterocycles. The monoisotopic (exact) mass is 393 g/mol. The lowest BCUT2D eigenvalue weighted by molar-refractivity contribution is 0.427. The number of nitrogens with two attached hydrogens (primary N) is 1. The number of halogens is 1. The van der Waals surface area contributed by atoms with E-state index in [1.165, 1.54) is 12.4 Å². The summed E-state index contributed by atoms with van der Waals surface area (Å²) in [5.74, 6) is 0.565. The van der Waals surface area contributed by atoms with Gasteiger partial charge in [0.25, 0.3) is 0 Å². The molecule has 5 rings (SSSR count). The van der Waals surface area contributed by atoms with Gasteiger partial charge in [-0.25, -0.2) is 14.4 Å². The molecule has 1 aliphatic rings. The van der Waals surface area contributed by atoms with Crippen molar-refractivity contribution in [3.05, 3.63) is 48.3 Å². The lowest BCUT2D eigenvalue weighted by Gasteiger charge is -2.09. The quantitative estimate of drug-likeness (QED) is 0.426. The third-order valence-corrected chi connectivity index (χ3v) is 5.03. The Morgan fingerprint density at radius 3 is 2.83 bits per heavy atom. The average Bonchev–Trinajstić information content (AvgIpc) is 3.35. The highest BCUT2D eigenvalue weighted by molar-refractivity contribution is 6.00. The Balaban J connectivity index is 1.41. The zero-order chi connectivity index (χ0) is 20.0. The smallest absolute Gasteiger partial charge is 0.226 e. The number of benzene rings is 1. The summed E-state index contributed by atoms with van der Waals surface area (Å²) in [6, 6.07) is 7.26. The van der Waals surface area contributed by atoms with Gasteiger partial charge in [0, 0.05) is 23.9 Å². The van der Waals surface area contributed by atoms with Crippen molar-refractivity contribution in [3.63, 3.8) is 0 Å². The van der Waals surface area contributed by atoms with Crippen molar-refractivity contribution in [1.29, 1.82) is 0 Å². The molecule has 1 saturated carbocycles. The van der Waals surface area contributed by atoms with E-state index in [0.29, 0.717) is 30.1 Å². The number of aryl methyl sites for hydroxylation is 1. The van der Waals surface area contributed by atoms with Crippen LogP contribution in [0.3, 0.4) is 0 Å². The number of nitrogens with one attached hydrogen (secondary N) is 2. The molecule has 9 heteroatoms. The molecule has 0 saturated heterocycles. The van der Waals surface area contributed by atoms with E-state index in [-0.39, 0.29) is 5.82 Å². The van der Waals surface area contributed by atoms with Gasteiger partial charge in [-0.1, -0.05) is 11.2 Å². The van der Waals surface area contributed by atoms with Crippen LogP contribution in [0.5, 0.6) is 0 Å². The Morgan fingerprint density at radius 2 is 2.10 bits per heavy atom. The van der Waals surface area contributed by atoms with E-state index >= 15 is 0 Å². The molecule has 4 aromatic rings. The molecule has 0 unspecified atom stereocenters. The van der Waals surface area contributed by atoms with Crippen molar-refractivity contribution in [2.45, 2.75) is 25.8 Å². The van der Waals surface area contributed by atoms with Crippen LogP contribution in [0.2, 0.25) is 0 Å². The Hall–Kier alpha value is -3.62. The first-order valence-corrected chi connectivity index (χ1v) is 9.42. The highest BCUT2D eigenvalue weighted by Crippen LogP contribution is 2.42. The fourth-order valence-electron chi connectivity index (χ4n) is 3.46. The Labute approximate surface area is 165 Å². The number of anilines is 3. The molecule has 0 atom stereocenters. The van der Waals surface area contributed by atoms with Gasteiger partial charge in [0.2, 0.25) is 5.88 Å². The molecule has 3 heterocycles. The summed E-state index contributed by atoms with van der Waals surface area (Å²) in [5.41, 5.74) is 9.65. The minimum Gasteiger partial charge on any atom is -0.383 e. The number of hydrogen-bond acceptors (Lipinski definition) is 7. The van der Waals surface area contributed by atoms with E-state index in [0.717, 1.165) is 40.7 Å². The predicted molar refractivity (Wildman–Crippen MR) is 109 cm³/mol. The van der Waals surface area contributed by atoms with Crippen LogP contribution in [0.25, 0.3) is 22.2 Å². The average molecular weight is 393 g/mol. The van der Waals surface area contributed by atoms with Crippen molar-refractivity contribution in [1.82, 2.24) is 19.7 Å². The van der Waals surface area contributed by atoms with Crippen LogP contribution in [0.15, 0.2) is 41.3 Å². The molecule has 0 amide bonds. The van der Waals surface area contributed by atoms with Crippen LogP contribution in [0, 0.1) is 12.7 Å². The molecular weight excluding hydrogens is 373 g/mol. The largest absolute Gasteiger partial charge is 0.383 e. The maximum atomic E-state index is 14.7. The van der Waals surface area contributed by atoms with E-state index in [1.807, 2.05) is 19.2 Å². The highest BCUT2D eigenvalue weighted by atomic mass is 19.1. The Bertz CT molecular complexity index is 1190. The molecule has 3 aromatic heterocycles. The molecule has 148 valence electrons. The Kier molecular flexibility index (Phi) is 4.08. The molecule has 4 N–H and O–H groups in total.